The maximum absolute atomic E-state index is 12.9. The van der Waals surface area contributed by atoms with Crippen LogP contribution in [0.15, 0.2) is 47.1 Å². The molecule has 1 atom stereocenters. The monoisotopic (exact) mass is 383 g/mol. The van der Waals surface area contributed by atoms with E-state index >= 15 is 0 Å². The zero-order valence-electron chi connectivity index (χ0n) is 16.5. The lowest BCUT2D eigenvalue weighted by atomic mass is 9.84. The molecule has 7 nitrogen and oxygen atoms in total. The highest BCUT2D eigenvalue weighted by molar-refractivity contribution is 6.09. The van der Waals surface area contributed by atoms with Crippen molar-refractivity contribution >= 4 is 17.8 Å². The number of urea groups is 1. The lowest BCUT2D eigenvalue weighted by molar-refractivity contribution is -0.134. The number of nitrogens with one attached hydrogen (secondary N) is 2. The number of imide groups is 1. The topological polar surface area (TPSA) is 91.7 Å². The Kier molecular flexibility index (Phi) is 5.02. The van der Waals surface area contributed by atoms with Gasteiger partial charge in [0, 0.05) is 0 Å². The van der Waals surface area contributed by atoms with Gasteiger partial charge in [0.1, 0.15) is 17.8 Å². The Morgan fingerprint density at radius 3 is 2.43 bits per heavy atom. The average molecular weight is 383 g/mol. The van der Waals surface area contributed by atoms with Crippen molar-refractivity contribution in [3.05, 3.63) is 59.5 Å². The molecule has 0 saturated carbocycles. The van der Waals surface area contributed by atoms with Gasteiger partial charge in [0.25, 0.3) is 5.91 Å². The summed E-state index contributed by atoms with van der Waals surface area (Å²) < 4.78 is 5.15. The molecule has 0 radical (unpaired) electrons. The Morgan fingerprint density at radius 1 is 1.18 bits per heavy atom. The minimum atomic E-state index is -1.20. The van der Waals surface area contributed by atoms with Gasteiger partial charge in [-0.3, -0.25) is 14.5 Å². The molecule has 7 heteroatoms. The van der Waals surface area contributed by atoms with Crippen molar-refractivity contribution in [2.45, 2.75) is 45.2 Å². The van der Waals surface area contributed by atoms with Gasteiger partial charge in [-0.15, -0.1) is 0 Å². The van der Waals surface area contributed by atoms with Gasteiger partial charge in [0.05, 0.1) is 12.8 Å². The molecule has 1 fully saturated rings. The van der Waals surface area contributed by atoms with Gasteiger partial charge in [-0.05, 0) is 35.6 Å². The SMILES string of the molecule is CC(C)(C)c1ccc(C2(C)NC(=O)N(CC(=O)NCc3ccco3)C2=O)cc1. The van der Waals surface area contributed by atoms with Gasteiger partial charge in [-0.2, -0.15) is 0 Å². The second-order valence-corrected chi connectivity index (χ2v) is 8.13. The molecule has 1 unspecified atom stereocenters. The molecule has 3 rings (SSSR count). The van der Waals surface area contributed by atoms with Gasteiger partial charge in [-0.1, -0.05) is 45.0 Å². The summed E-state index contributed by atoms with van der Waals surface area (Å²) in [6.45, 7) is 7.82. The van der Waals surface area contributed by atoms with E-state index in [0.717, 1.165) is 10.5 Å². The van der Waals surface area contributed by atoms with Gasteiger partial charge in [0.2, 0.25) is 5.91 Å². The van der Waals surface area contributed by atoms with Crippen molar-refractivity contribution in [2.75, 3.05) is 6.54 Å². The van der Waals surface area contributed by atoms with Crippen LogP contribution in [-0.4, -0.2) is 29.3 Å². The minimum Gasteiger partial charge on any atom is -0.467 e. The van der Waals surface area contributed by atoms with E-state index in [1.807, 2.05) is 24.3 Å². The highest BCUT2D eigenvalue weighted by Gasteiger charge is 2.49. The summed E-state index contributed by atoms with van der Waals surface area (Å²) in [6, 6.07) is 10.5. The molecule has 1 aliphatic heterocycles. The number of carbonyl (C=O) groups excluding carboxylic acids is 3. The largest absolute Gasteiger partial charge is 0.467 e. The van der Waals surface area contributed by atoms with Gasteiger partial charge >= 0.3 is 6.03 Å². The van der Waals surface area contributed by atoms with E-state index in [0.29, 0.717) is 11.3 Å². The molecule has 1 aromatic carbocycles. The van der Waals surface area contributed by atoms with Crippen molar-refractivity contribution < 1.29 is 18.8 Å². The van der Waals surface area contributed by atoms with E-state index in [9.17, 15) is 14.4 Å². The number of benzene rings is 1. The lowest BCUT2D eigenvalue weighted by Gasteiger charge is -2.24. The zero-order valence-corrected chi connectivity index (χ0v) is 16.5. The quantitative estimate of drug-likeness (QED) is 0.777. The van der Waals surface area contributed by atoms with Gasteiger partial charge < -0.3 is 15.1 Å². The Labute approximate surface area is 164 Å². The Hall–Kier alpha value is -3.09. The third-order valence-electron chi connectivity index (χ3n) is 4.94. The van der Waals surface area contributed by atoms with Crippen LogP contribution in [0, 0.1) is 0 Å². The molecule has 4 amide bonds. The summed E-state index contributed by atoms with van der Waals surface area (Å²) in [4.78, 5) is 38.4. The van der Waals surface area contributed by atoms with Crippen molar-refractivity contribution in [2.24, 2.45) is 0 Å². The number of carbonyl (C=O) groups is 3. The summed E-state index contributed by atoms with van der Waals surface area (Å²) in [5.74, 6) is -0.296. The van der Waals surface area contributed by atoms with Crippen molar-refractivity contribution in [1.82, 2.24) is 15.5 Å². The van der Waals surface area contributed by atoms with E-state index in [2.05, 4.69) is 31.4 Å². The van der Waals surface area contributed by atoms with E-state index in [-0.39, 0.29) is 18.5 Å². The summed E-state index contributed by atoms with van der Waals surface area (Å²) in [5, 5.41) is 5.36. The highest BCUT2D eigenvalue weighted by Crippen LogP contribution is 2.31. The van der Waals surface area contributed by atoms with Crippen LogP contribution >= 0.6 is 0 Å². The minimum absolute atomic E-state index is 0.0134. The van der Waals surface area contributed by atoms with Crippen LogP contribution in [-0.2, 0) is 27.1 Å². The van der Waals surface area contributed by atoms with Crippen LogP contribution in [0.3, 0.4) is 0 Å². The smallest absolute Gasteiger partial charge is 0.325 e. The fraction of sp³-hybridized carbons (Fsp3) is 0.381. The molecule has 2 aromatic rings. The number of rotatable bonds is 5. The number of nitrogens with zero attached hydrogens (tertiary/aromatic N) is 1. The van der Waals surface area contributed by atoms with Crippen molar-refractivity contribution in [1.29, 1.82) is 0 Å². The predicted octanol–water partition coefficient (Wildman–Crippen LogP) is 2.66. The van der Waals surface area contributed by atoms with Crippen LogP contribution < -0.4 is 10.6 Å². The van der Waals surface area contributed by atoms with Gasteiger partial charge in [0.15, 0.2) is 0 Å². The molecule has 0 aliphatic carbocycles. The molecule has 1 saturated heterocycles. The predicted molar refractivity (Wildman–Crippen MR) is 103 cm³/mol. The van der Waals surface area contributed by atoms with Crippen LogP contribution in [0.25, 0.3) is 0 Å². The van der Waals surface area contributed by atoms with E-state index in [1.54, 1.807) is 19.1 Å². The maximum Gasteiger partial charge on any atom is 0.325 e. The first-order valence-electron chi connectivity index (χ1n) is 9.15. The van der Waals surface area contributed by atoms with Crippen LogP contribution in [0.5, 0.6) is 0 Å². The van der Waals surface area contributed by atoms with Crippen molar-refractivity contribution in [3.8, 4) is 0 Å². The molecule has 2 heterocycles. The molecule has 2 N–H and O–H groups in total. The molecule has 1 aliphatic rings. The Morgan fingerprint density at radius 2 is 1.86 bits per heavy atom. The maximum atomic E-state index is 12.9. The summed E-state index contributed by atoms with van der Waals surface area (Å²) in [6.07, 6.45) is 1.51. The molecule has 28 heavy (non-hydrogen) atoms. The van der Waals surface area contributed by atoms with Crippen molar-refractivity contribution in [3.63, 3.8) is 0 Å². The summed E-state index contributed by atoms with van der Waals surface area (Å²) in [5.41, 5.74) is 0.595. The molecular formula is C21H25N3O4. The molecule has 148 valence electrons. The number of hydrogen-bond donors (Lipinski definition) is 2. The second kappa shape index (κ2) is 7.14. The van der Waals surface area contributed by atoms with Gasteiger partial charge in [-0.25, -0.2) is 4.79 Å². The first kappa shape index (κ1) is 19.7. The molecular weight excluding hydrogens is 358 g/mol. The number of amides is 4. The summed E-state index contributed by atoms with van der Waals surface area (Å²) in [7, 11) is 0. The first-order chi connectivity index (χ1) is 13.1. The Bertz CT molecular complexity index is 881. The normalized spacial score (nSPS) is 19.6. The number of furan rings is 1. The molecule has 0 spiro atoms. The summed E-state index contributed by atoms with van der Waals surface area (Å²) >= 11 is 0. The average Bonchev–Trinajstić information content (AvgIpc) is 3.23. The third-order valence-corrected chi connectivity index (χ3v) is 4.94. The fourth-order valence-corrected chi connectivity index (χ4v) is 3.14. The molecule has 1 aromatic heterocycles. The Balaban J connectivity index is 1.70. The molecule has 0 bridgehead atoms. The van der Waals surface area contributed by atoms with Crippen LogP contribution in [0.2, 0.25) is 0 Å². The second-order valence-electron chi connectivity index (χ2n) is 8.13. The first-order valence-corrected chi connectivity index (χ1v) is 9.15. The van der Waals surface area contributed by atoms with Crippen LogP contribution in [0.1, 0.15) is 44.6 Å². The van der Waals surface area contributed by atoms with Crippen LogP contribution in [0.4, 0.5) is 4.79 Å². The zero-order chi connectivity index (χ0) is 20.5. The third kappa shape index (κ3) is 3.78. The fourth-order valence-electron chi connectivity index (χ4n) is 3.14. The lowest BCUT2D eigenvalue weighted by Crippen LogP contribution is -2.43. The van der Waals surface area contributed by atoms with E-state index in [4.69, 9.17) is 4.42 Å². The van der Waals surface area contributed by atoms with E-state index < -0.39 is 23.4 Å². The standard InChI is InChI=1S/C21H25N3O4/c1-20(2,3)14-7-9-15(10-8-14)21(4)18(26)24(19(27)23-21)13-17(25)22-12-16-6-5-11-28-16/h5-11H,12-13H2,1-4H3,(H,22,25)(H,23,27). The highest BCUT2D eigenvalue weighted by atomic mass is 16.3. The van der Waals surface area contributed by atoms with E-state index in [1.165, 1.54) is 6.26 Å². The number of hydrogen-bond acceptors (Lipinski definition) is 4.